The predicted molar refractivity (Wildman–Crippen MR) is 112 cm³/mol. The number of nitrogens with one attached hydrogen (secondary N) is 1. The summed E-state index contributed by atoms with van der Waals surface area (Å²) in [6.45, 7) is 9.83. The van der Waals surface area contributed by atoms with E-state index >= 15 is 0 Å². The first-order chi connectivity index (χ1) is 14.2. The van der Waals surface area contributed by atoms with Crippen molar-refractivity contribution >= 4 is 23.8 Å². The zero-order chi connectivity index (χ0) is 22.1. The van der Waals surface area contributed by atoms with Gasteiger partial charge in [0.1, 0.15) is 5.54 Å². The lowest BCUT2D eigenvalue weighted by Crippen LogP contribution is -2.57. The SMILES string of the molecule is CCC(CC)C(=O)N1CCC[C@@H](N2C(=O)NC3(CCN(C(=O)C(C)C)CC3)C2=O)C1. The quantitative estimate of drug-likeness (QED) is 0.689. The summed E-state index contributed by atoms with van der Waals surface area (Å²) in [7, 11) is 0. The lowest BCUT2D eigenvalue weighted by molar-refractivity contribution is -0.143. The molecule has 0 saturated carbocycles. The zero-order valence-electron chi connectivity index (χ0n) is 18.8. The van der Waals surface area contributed by atoms with Crippen LogP contribution in [0.15, 0.2) is 0 Å². The van der Waals surface area contributed by atoms with Gasteiger partial charge in [-0.2, -0.15) is 0 Å². The van der Waals surface area contributed by atoms with Gasteiger partial charge in [0.05, 0.1) is 6.04 Å². The van der Waals surface area contributed by atoms with Crippen LogP contribution < -0.4 is 5.32 Å². The first kappa shape index (κ1) is 22.6. The van der Waals surface area contributed by atoms with Crippen LogP contribution >= 0.6 is 0 Å². The molecule has 1 N–H and O–H groups in total. The van der Waals surface area contributed by atoms with E-state index in [-0.39, 0.29) is 41.6 Å². The average molecular weight is 421 g/mol. The van der Waals surface area contributed by atoms with Gasteiger partial charge in [-0.05, 0) is 38.5 Å². The van der Waals surface area contributed by atoms with Gasteiger partial charge in [-0.25, -0.2) is 4.79 Å². The van der Waals surface area contributed by atoms with Crippen molar-refractivity contribution in [3.05, 3.63) is 0 Å². The van der Waals surface area contributed by atoms with E-state index in [0.29, 0.717) is 39.0 Å². The Morgan fingerprint density at radius 3 is 2.23 bits per heavy atom. The number of rotatable bonds is 5. The molecule has 0 aliphatic carbocycles. The van der Waals surface area contributed by atoms with E-state index < -0.39 is 5.54 Å². The number of imide groups is 1. The fourth-order valence-corrected chi connectivity index (χ4v) is 5.05. The van der Waals surface area contributed by atoms with Crippen molar-refractivity contribution in [3.8, 4) is 0 Å². The van der Waals surface area contributed by atoms with Crippen molar-refractivity contribution in [2.24, 2.45) is 11.8 Å². The van der Waals surface area contributed by atoms with Crippen LogP contribution in [0.4, 0.5) is 4.79 Å². The highest BCUT2D eigenvalue weighted by atomic mass is 16.2. The second kappa shape index (κ2) is 8.94. The van der Waals surface area contributed by atoms with E-state index in [4.69, 9.17) is 0 Å². The molecule has 3 rings (SSSR count). The molecule has 1 atom stereocenters. The van der Waals surface area contributed by atoms with Crippen molar-refractivity contribution in [1.29, 1.82) is 0 Å². The molecule has 30 heavy (non-hydrogen) atoms. The van der Waals surface area contributed by atoms with Gasteiger partial charge in [0.25, 0.3) is 5.91 Å². The van der Waals surface area contributed by atoms with Gasteiger partial charge in [0, 0.05) is 38.0 Å². The Hall–Kier alpha value is -2.12. The molecule has 3 fully saturated rings. The van der Waals surface area contributed by atoms with Crippen molar-refractivity contribution in [1.82, 2.24) is 20.0 Å². The van der Waals surface area contributed by atoms with Crippen molar-refractivity contribution in [2.45, 2.75) is 77.8 Å². The Morgan fingerprint density at radius 2 is 1.67 bits per heavy atom. The molecule has 3 heterocycles. The van der Waals surface area contributed by atoms with Crippen LogP contribution in [-0.2, 0) is 14.4 Å². The Bertz CT molecular complexity index is 695. The summed E-state index contributed by atoms with van der Waals surface area (Å²) >= 11 is 0. The summed E-state index contributed by atoms with van der Waals surface area (Å²) in [5, 5.41) is 2.94. The zero-order valence-corrected chi connectivity index (χ0v) is 18.8. The highest BCUT2D eigenvalue weighted by molar-refractivity contribution is 6.07. The minimum absolute atomic E-state index is 0.000944. The average Bonchev–Trinajstić information content (AvgIpc) is 2.98. The van der Waals surface area contributed by atoms with Crippen LogP contribution in [0.1, 0.15) is 66.2 Å². The number of amides is 5. The lowest BCUT2D eigenvalue weighted by Gasteiger charge is -2.40. The number of hydrogen-bond acceptors (Lipinski definition) is 4. The van der Waals surface area contributed by atoms with E-state index in [2.05, 4.69) is 5.32 Å². The van der Waals surface area contributed by atoms with Crippen LogP contribution in [0.5, 0.6) is 0 Å². The fraction of sp³-hybridized carbons (Fsp3) is 0.818. The third-order valence-corrected chi connectivity index (χ3v) is 7.02. The minimum Gasteiger partial charge on any atom is -0.342 e. The molecule has 0 aromatic carbocycles. The number of hydrogen-bond donors (Lipinski definition) is 1. The number of carbonyl (C=O) groups excluding carboxylic acids is 4. The molecule has 1 spiro atoms. The van der Waals surface area contributed by atoms with Gasteiger partial charge in [-0.3, -0.25) is 19.3 Å². The molecular formula is C22H36N4O4. The van der Waals surface area contributed by atoms with Crippen LogP contribution in [-0.4, -0.2) is 76.2 Å². The molecule has 168 valence electrons. The molecule has 8 heteroatoms. The molecule has 0 aromatic rings. The van der Waals surface area contributed by atoms with E-state index in [1.54, 1.807) is 4.90 Å². The van der Waals surface area contributed by atoms with Crippen molar-refractivity contribution in [2.75, 3.05) is 26.2 Å². The highest BCUT2D eigenvalue weighted by Gasteiger charge is 2.55. The fourth-order valence-electron chi connectivity index (χ4n) is 5.05. The smallest absolute Gasteiger partial charge is 0.325 e. The molecule has 0 bridgehead atoms. The molecule has 0 radical (unpaired) electrons. The number of nitrogens with zero attached hydrogens (tertiary/aromatic N) is 3. The maximum Gasteiger partial charge on any atom is 0.325 e. The molecule has 3 aliphatic rings. The maximum atomic E-state index is 13.4. The standard InChI is InChI=1S/C22H36N4O4/c1-5-16(6-2)19(28)25-11-7-8-17(14-25)26-20(29)22(23-21(26)30)9-12-24(13-10-22)18(27)15(3)4/h15-17H,5-14H2,1-4H3,(H,23,30)/t17-/m1/s1. The van der Waals surface area contributed by atoms with Gasteiger partial charge in [-0.1, -0.05) is 27.7 Å². The van der Waals surface area contributed by atoms with Crippen molar-refractivity contribution in [3.63, 3.8) is 0 Å². The van der Waals surface area contributed by atoms with Crippen LogP contribution in [0.3, 0.4) is 0 Å². The molecule has 3 aliphatic heterocycles. The number of carbonyl (C=O) groups is 4. The molecule has 0 unspecified atom stereocenters. The van der Waals surface area contributed by atoms with Gasteiger partial charge < -0.3 is 15.1 Å². The van der Waals surface area contributed by atoms with Gasteiger partial charge in [0.2, 0.25) is 11.8 Å². The number of piperidine rings is 2. The summed E-state index contributed by atoms with van der Waals surface area (Å²) in [5.41, 5.74) is -0.910. The molecule has 5 amide bonds. The summed E-state index contributed by atoms with van der Waals surface area (Å²) < 4.78 is 0. The summed E-state index contributed by atoms with van der Waals surface area (Å²) in [6.07, 6.45) is 3.99. The van der Waals surface area contributed by atoms with Crippen LogP contribution in [0, 0.1) is 11.8 Å². The lowest BCUT2D eigenvalue weighted by atomic mass is 9.86. The molecule has 3 saturated heterocycles. The van der Waals surface area contributed by atoms with Crippen molar-refractivity contribution < 1.29 is 19.2 Å². The Kier molecular flexibility index (Phi) is 6.72. The predicted octanol–water partition coefficient (Wildman–Crippen LogP) is 1.98. The third-order valence-electron chi connectivity index (χ3n) is 7.02. The Balaban J connectivity index is 1.68. The monoisotopic (exact) mass is 420 g/mol. The van der Waals surface area contributed by atoms with E-state index in [1.807, 2.05) is 32.6 Å². The van der Waals surface area contributed by atoms with Gasteiger partial charge in [-0.15, -0.1) is 0 Å². The van der Waals surface area contributed by atoms with E-state index in [1.165, 1.54) is 4.90 Å². The van der Waals surface area contributed by atoms with Crippen LogP contribution in [0.25, 0.3) is 0 Å². The summed E-state index contributed by atoms with van der Waals surface area (Å²) in [6, 6.07) is -0.635. The first-order valence-corrected chi connectivity index (χ1v) is 11.5. The largest absolute Gasteiger partial charge is 0.342 e. The molecular weight excluding hydrogens is 384 g/mol. The Morgan fingerprint density at radius 1 is 1.03 bits per heavy atom. The highest BCUT2D eigenvalue weighted by Crippen LogP contribution is 2.33. The second-order valence-electron chi connectivity index (χ2n) is 9.26. The second-order valence-corrected chi connectivity index (χ2v) is 9.26. The van der Waals surface area contributed by atoms with Gasteiger partial charge >= 0.3 is 6.03 Å². The number of likely N-dealkylation sites (tertiary alicyclic amines) is 2. The van der Waals surface area contributed by atoms with Crippen LogP contribution in [0.2, 0.25) is 0 Å². The minimum atomic E-state index is -0.910. The summed E-state index contributed by atoms with van der Waals surface area (Å²) in [5.74, 6) is -0.0504. The normalized spacial score (nSPS) is 24.2. The first-order valence-electron chi connectivity index (χ1n) is 11.5. The molecule has 0 aromatic heterocycles. The third kappa shape index (κ3) is 4.05. The topological polar surface area (TPSA) is 90.0 Å². The Labute approximate surface area is 179 Å². The van der Waals surface area contributed by atoms with Gasteiger partial charge in [0.15, 0.2) is 0 Å². The van der Waals surface area contributed by atoms with E-state index in [9.17, 15) is 19.2 Å². The summed E-state index contributed by atoms with van der Waals surface area (Å²) in [4.78, 5) is 56.3. The number of urea groups is 1. The molecule has 8 nitrogen and oxygen atoms in total. The van der Waals surface area contributed by atoms with E-state index in [0.717, 1.165) is 25.7 Å². The maximum absolute atomic E-state index is 13.4.